The molecule has 4 nitrogen and oxygen atoms in total. The number of carbonyl (C=O) groups excluding carboxylic acids is 1. The van der Waals surface area contributed by atoms with E-state index in [2.05, 4.69) is 28.2 Å². The largest absolute Gasteiger partial charge is 0.385 e. The van der Waals surface area contributed by atoms with Gasteiger partial charge >= 0.3 is 0 Å². The Balaban J connectivity index is 2.55. The Morgan fingerprint density at radius 3 is 3.00 bits per heavy atom. The van der Waals surface area contributed by atoms with Gasteiger partial charge in [0, 0.05) is 37.5 Å². The number of aryl methyl sites for hydroxylation is 1. The average Bonchev–Trinajstić information content (AvgIpc) is 2.66. The average molecular weight is 303 g/mol. The Bertz CT molecular complexity index is 363. The summed E-state index contributed by atoms with van der Waals surface area (Å²) >= 11 is 3.39. The van der Waals surface area contributed by atoms with Crippen LogP contribution in [-0.2, 0) is 11.3 Å². The number of ether oxygens (including phenoxy) is 1. The molecule has 1 aromatic heterocycles. The minimum atomic E-state index is -0.0275. The monoisotopic (exact) mass is 302 g/mol. The lowest BCUT2D eigenvalue weighted by molar-refractivity contribution is 0.0939. The molecule has 0 bridgehead atoms. The first-order valence-electron chi connectivity index (χ1n) is 5.81. The summed E-state index contributed by atoms with van der Waals surface area (Å²) in [4.78, 5) is 11.9. The van der Waals surface area contributed by atoms with E-state index in [0.717, 1.165) is 23.9 Å². The Hall–Kier alpha value is -0.810. The van der Waals surface area contributed by atoms with E-state index in [9.17, 15) is 4.79 Å². The zero-order chi connectivity index (χ0) is 12.7. The lowest BCUT2D eigenvalue weighted by atomic mass is 10.3. The lowest BCUT2D eigenvalue weighted by Crippen LogP contribution is -2.27. The van der Waals surface area contributed by atoms with E-state index in [0.29, 0.717) is 18.8 Å². The smallest absolute Gasteiger partial charge is 0.267 e. The maximum atomic E-state index is 11.9. The van der Waals surface area contributed by atoms with E-state index >= 15 is 0 Å². The van der Waals surface area contributed by atoms with Crippen molar-refractivity contribution < 1.29 is 9.53 Å². The molecule has 0 aliphatic carbocycles. The van der Waals surface area contributed by atoms with Crippen LogP contribution in [0.4, 0.5) is 0 Å². The standard InChI is InChI=1S/C12H19BrN2O2/c1-3-6-15-9-10(13)8-11(15)12(16)14-5-4-7-17-2/h8-9H,3-7H2,1-2H3,(H,14,16). The van der Waals surface area contributed by atoms with E-state index in [1.165, 1.54) is 0 Å². The van der Waals surface area contributed by atoms with E-state index in [-0.39, 0.29) is 5.91 Å². The zero-order valence-electron chi connectivity index (χ0n) is 10.3. The van der Waals surface area contributed by atoms with Crippen LogP contribution in [0.1, 0.15) is 30.3 Å². The van der Waals surface area contributed by atoms with E-state index in [1.807, 2.05) is 16.8 Å². The minimum Gasteiger partial charge on any atom is -0.385 e. The highest BCUT2D eigenvalue weighted by atomic mass is 79.9. The molecule has 0 aliphatic heterocycles. The molecule has 0 aromatic carbocycles. The third-order valence-corrected chi connectivity index (χ3v) is 2.80. The van der Waals surface area contributed by atoms with Gasteiger partial charge in [-0.2, -0.15) is 0 Å². The van der Waals surface area contributed by atoms with Gasteiger partial charge in [-0.1, -0.05) is 6.92 Å². The number of aromatic nitrogens is 1. The maximum absolute atomic E-state index is 11.9. The quantitative estimate of drug-likeness (QED) is 0.786. The van der Waals surface area contributed by atoms with Crippen LogP contribution in [0.15, 0.2) is 16.7 Å². The number of nitrogens with zero attached hydrogens (tertiary/aromatic N) is 1. The predicted molar refractivity (Wildman–Crippen MR) is 71.2 cm³/mol. The first-order valence-corrected chi connectivity index (χ1v) is 6.61. The number of hydrogen-bond donors (Lipinski definition) is 1. The number of halogens is 1. The van der Waals surface area contributed by atoms with E-state index < -0.39 is 0 Å². The van der Waals surface area contributed by atoms with Crippen LogP contribution in [-0.4, -0.2) is 30.7 Å². The van der Waals surface area contributed by atoms with Crippen molar-refractivity contribution in [2.24, 2.45) is 0 Å². The molecule has 1 aromatic rings. The second-order valence-corrected chi connectivity index (χ2v) is 4.75. The van der Waals surface area contributed by atoms with Crippen molar-refractivity contribution in [3.8, 4) is 0 Å². The molecule has 1 heterocycles. The molecule has 1 rings (SSSR count). The number of hydrogen-bond acceptors (Lipinski definition) is 2. The van der Waals surface area contributed by atoms with Crippen LogP contribution in [0, 0.1) is 0 Å². The van der Waals surface area contributed by atoms with Gasteiger partial charge in [0.2, 0.25) is 0 Å². The number of amides is 1. The van der Waals surface area contributed by atoms with Crippen LogP contribution in [0.2, 0.25) is 0 Å². The third-order valence-electron chi connectivity index (χ3n) is 2.37. The van der Waals surface area contributed by atoms with Crippen LogP contribution < -0.4 is 5.32 Å². The summed E-state index contributed by atoms with van der Waals surface area (Å²) in [7, 11) is 1.66. The first kappa shape index (κ1) is 14.3. The Morgan fingerprint density at radius 1 is 1.59 bits per heavy atom. The summed E-state index contributed by atoms with van der Waals surface area (Å²) in [5.41, 5.74) is 0.705. The number of rotatable bonds is 7. The van der Waals surface area contributed by atoms with Crippen LogP contribution in [0.25, 0.3) is 0 Å². The Kier molecular flexibility index (Phi) is 6.29. The molecule has 0 atom stereocenters. The molecule has 0 aliphatic rings. The molecule has 0 unspecified atom stereocenters. The van der Waals surface area contributed by atoms with Gasteiger partial charge in [0.05, 0.1) is 0 Å². The van der Waals surface area contributed by atoms with Gasteiger partial charge in [-0.05, 0) is 34.8 Å². The van der Waals surface area contributed by atoms with Gasteiger partial charge in [-0.15, -0.1) is 0 Å². The van der Waals surface area contributed by atoms with Crippen molar-refractivity contribution >= 4 is 21.8 Å². The minimum absolute atomic E-state index is 0.0275. The predicted octanol–water partition coefficient (Wildman–Crippen LogP) is 2.43. The Labute approximate surface area is 110 Å². The van der Waals surface area contributed by atoms with E-state index in [1.54, 1.807) is 7.11 Å². The summed E-state index contributed by atoms with van der Waals surface area (Å²) in [6, 6.07) is 1.85. The highest BCUT2D eigenvalue weighted by molar-refractivity contribution is 9.10. The van der Waals surface area contributed by atoms with Crippen molar-refractivity contribution in [2.75, 3.05) is 20.3 Å². The normalized spacial score (nSPS) is 10.5. The molecule has 1 amide bonds. The maximum Gasteiger partial charge on any atom is 0.267 e. The second kappa shape index (κ2) is 7.50. The summed E-state index contributed by atoms with van der Waals surface area (Å²) in [5, 5.41) is 2.89. The van der Waals surface area contributed by atoms with Gasteiger partial charge in [-0.25, -0.2) is 0 Å². The van der Waals surface area contributed by atoms with Crippen molar-refractivity contribution in [1.29, 1.82) is 0 Å². The van der Waals surface area contributed by atoms with Crippen molar-refractivity contribution in [3.05, 3.63) is 22.4 Å². The topological polar surface area (TPSA) is 43.3 Å². The fourth-order valence-electron chi connectivity index (χ4n) is 1.60. The summed E-state index contributed by atoms with van der Waals surface area (Å²) in [5.74, 6) is -0.0275. The second-order valence-electron chi connectivity index (χ2n) is 3.84. The molecule has 1 N–H and O–H groups in total. The molecule has 0 spiro atoms. The lowest BCUT2D eigenvalue weighted by Gasteiger charge is -2.08. The highest BCUT2D eigenvalue weighted by Gasteiger charge is 2.11. The van der Waals surface area contributed by atoms with Gasteiger partial charge in [0.1, 0.15) is 5.69 Å². The van der Waals surface area contributed by atoms with Crippen molar-refractivity contribution in [1.82, 2.24) is 9.88 Å². The summed E-state index contributed by atoms with van der Waals surface area (Å²) in [6.45, 7) is 4.25. The first-order chi connectivity index (χ1) is 8.19. The van der Waals surface area contributed by atoms with E-state index in [4.69, 9.17) is 4.74 Å². The van der Waals surface area contributed by atoms with Crippen LogP contribution >= 0.6 is 15.9 Å². The highest BCUT2D eigenvalue weighted by Crippen LogP contribution is 2.15. The number of nitrogens with one attached hydrogen (secondary N) is 1. The van der Waals surface area contributed by atoms with Gasteiger partial charge in [0.25, 0.3) is 5.91 Å². The third kappa shape index (κ3) is 4.52. The molecule has 17 heavy (non-hydrogen) atoms. The molecule has 0 saturated heterocycles. The fourth-order valence-corrected chi connectivity index (χ4v) is 2.06. The molecule has 0 fully saturated rings. The number of carbonyl (C=O) groups is 1. The molecule has 0 radical (unpaired) electrons. The fraction of sp³-hybridized carbons (Fsp3) is 0.583. The van der Waals surface area contributed by atoms with Gasteiger partial charge in [0.15, 0.2) is 0 Å². The zero-order valence-corrected chi connectivity index (χ0v) is 11.9. The van der Waals surface area contributed by atoms with Gasteiger partial charge in [-0.3, -0.25) is 4.79 Å². The molecular formula is C12H19BrN2O2. The molecule has 5 heteroatoms. The molecular weight excluding hydrogens is 284 g/mol. The summed E-state index contributed by atoms with van der Waals surface area (Å²) in [6.07, 6.45) is 3.77. The number of methoxy groups -OCH3 is 1. The SMILES string of the molecule is CCCn1cc(Br)cc1C(=O)NCCCOC. The van der Waals surface area contributed by atoms with Crippen molar-refractivity contribution in [3.63, 3.8) is 0 Å². The van der Waals surface area contributed by atoms with Crippen LogP contribution in [0.3, 0.4) is 0 Å². The molecule has 0 saturated carbocycles. The Morgan fingerprint density at radius 2 is 2.35 bits per heavy atom. The van der Waals surface area contributed by atoms with Gasteiger partial charge < -0.3 is 14.6 Å². The van der Waals surface area contributed by atoms with Crippen LogP contribution in [0.5, 0.6) is 0 Å². The van der Waals surface area contributed by atoms with Crippen molar-refractivity contribution in [2.45, 2.75) is 26.3 Å². The summed E-state index contributed by atoms with van der Waals surface area (Å²) < 4.78 is 7.84. The molecule has 96 valence electrons.